The molecule has 0 aliphatic rings. The number of hydrogen-bond donors (Lipinski definition) is 1. The van der Waals surface area contributed by atoms with E-state index in [1.54, 1.807) is 18.4 Å². The van der Waals surface area contributed by atoms with E-state index in [1.807, 2.05) is 36.7 Å². The zero-order valence-corrected chi connectivity index (χ0v) is 13.2. The number of aryl methyl sites for hydroxylation is 1. The van der Waals surface area contributed by atoms with Crippen LogP contribution in [-0.4, -0.2) is 30.1 Å². The van der Waals surface area contributed by atoms with Crippen molar-refractivity contribution in [2.24, 2.45) is 5.73 Å². The van der Waals surface area contributed by atoms with E-state index in [9.17, 15) is 4.79 Å². The number of nitrogens with two attached hydrogens (primary N) is 1. The minimum absolute atomic E-state index is 0.146. The van der Waals surface area contributed by atoms with Crippen molar-refractivity contribution in [2.75, 3.05) is 14.2 Å². The van der Waals surface area contributed by atoms with Crippen molar-refractivity contribution in [1.29, 1.82) is 0 Å². The third-order valence-electron chi connectivity index (χ3n) is 3.37. The highest BCUT2D eigenvalue weighted by molar-refractivity contribution is 7.13. The number of carbonyl (C=O) groups excluding carboxylic acids is 1. The van der Waals surface area contributed by atoms with Crippen LogP contribution in [-0.2, 0) is 9.63 Å². The van der Waals surface area contributed by atoms with Crippen LogP contribution in [0.3, 0.4) is 0 Å². The molecule has 6 heteroatoms. The minimum Gasteiger partial charge on any atom is -0.324 e. The smallest absolute Gasteiger partial charge is 0.247 e. The number of carbonyl (C=O) groups is 1. The van der Waals surface area contributed by atoms with Crippen LogP contribution in [0.1, 0.15) is 23.7 Å². The van der Waals surface area contributed by atoms with Crippen LogP contribution in [0.25, 0.3) is 10.4 Å². The van der Waals surface area contributed by atoms with Gasteiger partial charge in [0.15, 0.2) is 0 Å². The van der Waals surface area contributed by atoms with E-state index in [0.717, 1.165) is 21.7 Å². The molecule has 1 aromatic heterocycles. The molecular weight excluding hydrogens is 286 g/mol. The summed E-state index contributed by atoms with van der Waals surface area (Å²) in [7, 11) is 3.03. The molecule has 2 rings (SSSR count). The predicted molar refractivity (Wildman–Crippen MR) is 83.6 cm³/mol. The Morgan fingerprint density at radius 1 is 1.43 bits per heavy atom. The van der Waals surface area contributed by atoms with Gasteiger partial charge < -0.3 is 5.73 Å². The fourth-order valence-electron chi connectivity index (χ4n) is 2.00. The molecule has 2 N–H and O–H groups in total. The quantitative estimate of drug-likeness (QED) is 0.862. The summed E-state index contributed by atoms with van der Waals surface area (Å²) in [5.74, 6) is -0.146. The first kappa shape index (κ1) is 15.6. The van der Waals surface area contributed by atoms with Gasteiger partial charge in [-0.25, -0.2) is 10.0 Å². The maximum Gasteiger partial charge on any atom is 0.247 e. The predicted octanol–water partition coefficient (Wildman–Crippen LogP) is 2.53. The van der Waals surface area contributed by atoms with Crippen LogP contribution in [0.5, 0.6) is 0 Å². The average Bonchev–Trinajstić information content (AvgIpc) is 2.92. The number of benzene rings is 1. The summed E-state index contributed by atoms with van der Waals surface area (Å²) in [5.41, 5.74) is 11.0. The normalized spacial score (nSPS) is 12.2. The van der Waals surface area contributed by atoms with Crippen LogP contribution >= 0.6 is 11.3 Å². The monoisotopic (exact) mass is 305 g/mol. The number of aromatic nitrogens is 1. The third-order valence-corrected chi connectivity index (χ3v) is 4.34. The molecule has 1 heterocycles. The van der Waals surface area contributed by atoms with Crippen molar-refractivity contribution < 1.29 is 9.63 Å². The standard InChI is InChI=1S/C15H19N3O2S/c1-10-15(21-9-17-10)12-6-4-11(5-7-12)13(16)8-14(19)18(2)20-3/h4-7,9,13H,8,16H2,1-3H3/t13-/m0/s1. The van der Waals surface area contributed by atoms with E-state index in [-0.39, 0.29) is 18.4 Å². The average molecular weight is 305 g/mol. The van der Waals surface area contributed by atoms with Gasteiger partial charge in [-0.2, -0.15) is 0 Å². The van der Waals surface area contributed by atoms with Crippen LogP contribution in [0.4, 0.5) is 0 Å². The highest BCUT2D eigenvalue weighted by Gasteiger charge is 2.15. The molecule has 112 valence electrons. The highest BCUT2D eigenvalue weighted by Crippen LogP contribution is 2.28. The van der Waals surface area contributed by atoms with Gasteiger partial charge in [0.05, 0.1) is 23.2 Å². The van der Waals surface area contributed by atoms with Crippen molar-refractivity contribution >= 4 is 17.2 Å². The van der Waals surface area contributed by atoms with E-state index >= 15 is 0 Å². The summed E-state index contributed by atoms with van der Waals surface area (Å²) < 4.78 is 0. The Hall–Kier alpha value is -1.76. The number of hydroxylamine groups is 2. The van der Waals surface area contributed by atoms with Crippen molar-refractivity contribution in [3.8, 4) is 10.4 Å². The molecule has 2 aromatic rings. The SMILES string of the molecule is CON(C)C(=O)C[C@H](N)c1ccc(-c2scnc2C)cc1. The van der Waals surface area contributed by atoms with Crippen molar-refractivity contribution in [3.05, 3.63) is 41.0 Å². The first-order valence-electron chi connectivity index (χ1n) is 6.59. The Balaban J connectivity index is 2.08. The fourth-order valence-corrected chi connectivity index (χ4v) is 2.81. The number of amides is 1. The highest BCUT2D eigenvalue weighted by atomic mass is 32.1. The van der Waals surface area contributed by atoms with Crippen LogP contribution in [0.15, 0.2) is 29.8 Å². The fraction of sp³-hybridized carbons (Fsp3) is 0.333. The van der Waals surface area contributed by atoms with Crippen molar-refractivity contribution in [3.63, 3.8) is 0 Å². The summed E-state index contributed by atoms with van der Waals surface area (Å²) >= 11 is 1.61. The van der Waals surface area contributed by atoms with Gasteiger partial charge in [-0.1, -0.05) is 24.3 Å². The number of hydrogen-bond acceptors (Lipinski definition) is 5. The van der Waals surface area contributed by atoms with E-state index in [4.69, 9.17) is 10.6 Å². The van der Waals surface area contributed by atoms with Gasteiger partial charge in [-0.3, -0.25) is 9.63 Å². The summed E-state index contributed by atoms with van der Waals surface area (Å²) in [6, 6.07) is 7.60. The number of nitrogens with zero attached hydrogens (tertiary/aromatic N) is 2. The van der Waals surface area contributed by atoms with Crippen molar-refractivity contribution in [2.45, 2.75) is 19.4 Å². The van der Waals surface area contributed by atoms with Gasteiger partial charge in [-0.05, 0) is 18.1 Å². The zero-order chi connectivity index (χ0) is 15.4. The van der Waals surface area contributed by atoms with E-state index in [0.29, 0.717) is 0 Å². The zero-order valence-electron chi connectivity index (χ0n) is 12.4. The first-order valence-corrected chi connectivity index (χ1v) is 7.47. The van der Waals surface area contributed by atoms with Gasteiger partial charge in [0.1, 0.15) is 0 Å². The molecule has 0 aliphatic carbocycles. The molecule has 0 radical (unpaired) electrons. The Labute approximate surface area is 128 Å². The lowest BCUT2D eigenvalue weighted by atomic mass is 10.0. The molecule has 0 saturated heterocycles. The lowest BCUT2D eigenvalue weighted by molar-refractivity contribution is -0.169. The van der Waals surface area contributed by atoms with Gasteiger partial charge >= 0.3 is 0 Å². The molecule has 1 aromatic carbocycles. The van der Waals surface area contributed by atoms with E-state index in [2.05, 4.69) is 4.98 Å². The number of thiazole rings is 1. The Bertz CT molecular complexity index is 610. The van der Waals surface area contributed by atoms with Crippen LogP contribution < -0.4 is 5.73 Å². The Kier molecular flexibility index (Phi) is 5.06. The third kappa shape index (κ3) is 3.66. The van der Waals surface area contributed by atoms with Gasteiger partial charge in [0.2, 0.25) is 5.91 Å². The first-order chi connectivity index (χ1) is 10.0. The second-order valence-electron chi connectivity index (χ2n) is 4.77. The molecule has 0 saturated carbocycles. The van der Waals surface area contributed by atoms with Crippen LogP contribution in [0, 0.1) is 6.92 Å². The number of rotatable bonds is 5. The Morgan fingerprint density at radius 2 is 2.10 bits per heavy atom. The van der Waals surface area contributed by atoms with Gasteiger partial charge in [-0.15, -0.1) is 11.3 Å². The molecule has 0 bridgehead atoms. The molecule has 0 spiro atoms. The van der Waals surface area contributed by atoms with Crippen LogP contribution in [0.2, 0.25) is 0 Å². The van der Waals surface area contributed by atoms with Gasteiger partial charge in [0.25, 0.3) is 0 Å². The van der Waals surface area contributed by atoms with E-state index < -0.39 is 0 Å². The summed E-state index contributed by atoms with van der Waals surface area (Å²) in [6.45, 7) is 1.99. The largest absolute Gasteiger partial charge is 0.324 e. The molecule has 0 unspecified atom stereocenters. The molecule has 0 fully saturated rings. The molecule has 0 aliphatic heterocycles. The Morgan fingerprint density at radius 3 is 2.62 bits per heavy atom. The summed E-state index contributed by atoms with van der Waals surface area (Å²) in [5, 5.41) is 1.19. The minimum atomic E-state index is -0.341. The van der Waals surface area contributed by atoms with Crippen molar-refractivity contribution in [1.82, 2.24) is 10.0 Å². The summed E-state index contributed by atoms with van der Waals surface area (Å²) in [4.78, 5) is 22.0. The molecular formula is C15H19N3O2S. The topological polar surface area (TPSA) is 68.5 Å². The second-order valence-corrected chi connectivity index (χ2v) is 5.63. The second kappa shape index (κ2) is 6.80. The molecule has 21 heavy (non-hydrogen) atoms. The van der Waals surface area contributed by atoms with E-state index in [1.165, 1.54) is 12.2 Å². The molecule has 5 nitrogen and oxygen atoms in total. The lowest BCUT2D eigenvalue weighted by Gasteiger charge is -2.17. The lowest BCUT2D eigenvalue weighted by Crippen LogP contribution is -2.28. The maximum absolute atomic E-state index is 11.8. The molecule has 1 atom stereocenters. The molecule has 1 amide bonds. The maximum atomic E-state index is 11.8. The summed E-state index contributed by atoms with van der Waals surface area (Å²) in [6.07, 6.45) is 0.212. The van der Waals surface area contributed by atoms with Gasteiger partial charge in [0, 0.05) is 19.5 Å².